The molecule has 0 bridgehead atoms. The lowest BCUT2D eigenvalue weighted by Crippen LogP contribution is -2.29. The number of carbonyl (C=O) groups is 1. The van der Waals surface area contributed by atoms with Gasteiger partial charge >= 0.3 is 0 Å². The molecule has 0 saturated carbocycles. The lowest BCUT2D eigenvalue weighted by molar-refractivity contribution is -0.117. The number of carbonyl (C=O) groups excluding carboxylic acids is 1. The Hall–Kier alpha value is -2.53. The molecule has 2 aromatic carbocycles. The van der Waals surface area contributed by atoms with Gasteiger partial charge in [0.25, 0.3) is 0 Å². The second kappa shape index (κ2) is 7.65. The highest BCUT2D eigenvalue weighted by atomic mass is 19.1. The van der Waals surface area contributed by atoms with Crippen LogP contribution in [0, 0.1) is 11.6 Å². The molecule has 120 valence electrons. The Balaban J connectivity index is 2.13. The monoisotopic (exact) mass is 317 g/mol. The molecule has 0 spiro atoms. The smallest absolute Gasteiger partial charge is 0.244 e. The first kappa shape index (κ1) is 16.8. The van der Waals surface area contributed by atoms with Crippen molar-refractivity contribution >= 4 is 11.5 Å². The zero-order chi connectivity index (χ0) is 16.8. The molecule has 0 saturated heterocycles. The van der Waals surface area contributed by atoms with Crippen molar-refractivity contribution in [1.29, 1.82) is 0 Å². The van der Waals surface area contributed by atoms with Crippen LogP contribution in [0.4, 0.5) is 8.78 Å². The van der Waals surface area contributed by atoms with Gasteiger partial charge in [-0.3, -0.25) is 4.79 Å². The van der Waals surface area contributed by atoms with E-state index >= 15 is 0 Å². The van der Waals surface area contributed by atoms with Crippen LogP contribution in [0.5, 0.6) is 0 Å². The van der Waals surface area contributed by atoms with Gasteiger partial charge in [0.15, 0.2) is 0 Å². The Morgan fingerprint density at radius 1 is 1.22 bits per heavy atom. The number of aliphatic hydroxyl groups excluding tert-OH is 1. The maximum absolute atomic E-state index is 13.7. The maximum Gasteiger partial charge on any atom is 0.244 e. The van der Waals surface area contributed by atoms with Gasteiger partial charge in [-0.05, 0) is 30.2 Å². The number of amides is 1. The fraction of sp³-hybridized carbons (Fsp3) is 0.167. The lowest BCUT2D eigenvalue weighted by Gasteiger charge is -2.15. The molecule has 2 N–H and O–H groups in total. The van der Waals surface area contributed by atoms with E-state index in [-0.39, 0.29) is 12.2 Å². The van der Waals surface area contributed by atoms with Gasteiger partial charge in [-0.2, -0.15) is 0 Å². The van der Waals surface area contributed by atoms with Crippen LogP contribution in [0.15, 0.2) is 54.6 Å². The second-order valence-corrected chi connectivity index (χ2v) is 5.11. The SMILES string of the molecule is C/C(=C/C(=O)N[C@H](CO)c1ccccc1)c1ccc(F)cc1F. The van der Waals surface area contributed by atoms with E-state index in [1.165, 1.54) is 12.1 Å². The van der Waals surface area contributed by atoms with Gasteiger partial charge in [0.2, 0.25) is 5.91 Å². The number of hydrogen-bond donors (Lipinski definition) is 2. The summed E-state index contributed by atoms with van der Waals surface area (Å²) in [5.41, 5.74) is 1.29. The average Bonchev–Trinajstić information content (AvgIpc) is 2.53. The highest BCUT2D eigenvalue weighted by Gasteiger charge is 2.13. The van der Waals surface area contributed by atoms with E-state index in [1.807, 2.05) is 6.07 Å². The Bertz CT molecular complexity index is 714. The Labute approximate surface area is 133 Å². The fourth-order valence-corrected chi connectivity index (χ4v) is 2.22. The summed E-state index contributed by atoms with van der Waals surface area (Å²) >= 11 is 0. The minimum absolute atomic E-state index is 0.154. The van der Waals surface area contributed by atoms with Gasteiger partial charge in [0.05, 0.1) is 12.6 Å². The van der Waals surface area contributed by atoms with Crippen molar-refractivity contribution in [3.8, 4) is 0 Å². The molecule has 0 fully saturated rings. The topological polar surface area (TPSA) is 49.3 Å². The van der Waals surface area contributed by atoms with E-state index in [0.29, 0.717) is 5.57 Å². The van der Waals surface area contributed by atoms with Gasteiger partial charge in [0.1, 0.15) is 11.6 Å². The first-order chi connectivity index (χ1) is 11.0. The molecule has 0 heterocycles. The number of rotatable bonds is 5. The third kappa shape index (κ3) is 4.47. The largest absolute Gasteiger partial charge is 0.394 e. The van der Waals surface area contributed by atoms with Gasteiger partial charge in [-0.15, -0.1) is 0 Å². The molecular formula is C18H17F2NO2. The third-order valence-corrected chi connectivity index (χ3v) is 3.40. The molecule has 0 unspecified atom stereocenters. The summed E-state index contributed by atoms with van der Waals surface area (Å²) in [5, 5.41) is 12.1. The van der Waals surface area contributed by atoms with Crippen molar-refractivity contribution in [2.45, 2.75) is 13.0 Å². The van der Waals surface area contributed by atoms with Gasteiger partial charge < -0.3 is 10.4 Å². The van der Waals surface area contributed by atoms with E-state index in [4.69, 9.17) is 0 Å². The van der Waals surface area contributed by atoms with Crippen molar-refractivity contribution < 1.29 is 18.7 Å². The van der Waals surface area contributed by atoms with Crippen LogP contribution in [-0.2, 0) is 4.79 Å². The summed E-state index contributed by atoms with van der Waals surface area (Å²) in [6.07, 6.45) is 1.22. The maximum atomic E-state index is 13.7. The van der Waals surface area contributed by atoms with Gasteiger partial charge in [-0.1, -0.05) is 30.3 Å². The number of aliphatic hydroxyl groups is 1. The number of benzene rings is 2. The minimum atomic E-state index is -0.728. The number of hydrogen-bond acceptors (Lipinski definition) is 2. The zero-order valence-electron chi connectivity index (χ0n) is 12.6. The number of halogens is 2. The summed E-state index contributed by atoms with van der Waals surface area (Å²) in [6.45, 7) is 1.31. The quantitative estimate of drug-likeness (QED) is 0.832. The molecule has 23 heavy (non-hydrogen) atoms. The molecule has 0 aliphatic carbocycles. The van der Waals surface area contributed by atoms with Gasteiger partial charge in [-0.25, -0.2) is 8.78 Å². The molecule has 3 nitrogen and oxygen atoms in total. The van der Waals surface area contributed by atoms with Crippen LogP contribution in [0.3, 0.4) is 0 Å². The number of allylic oxidation sites excluding steroid dienone is 1. The first-order valence-corrected chi connectivity index (χ1v) is 7.11. The Morgan fingerprint density at radius 3 is 2.52 bits per heavy atom. The van der Waals surface area contributed by atoms with Crippen LogP contribution in [0.1, 0.15) is 24.1 Å². The average molecular weight is 317 g/mol. The van der Waals surface area contributed by atoms with E-state index in [9.17, 15) is 18.7 Å². The van der Waals surface area contributed by atoms with Crippen LogP contribution >= 0.6 is 0 Å². The molecule has 5 heteroatoms. The van der Waals surface area contributed by atoms with Crippen LogP contribution in [0.25, 0.3) is 5.57 Å². The summed E-state index contributed by atoms with van der Waals surface area (Å²) in [5.74, 6) is -1.87. The molecule has 0 aliphatic rings. The molecular weight excluding hydrogens is 300 g/mol. The van der Waals surface area contributed by atoms with Crippen LogP contribution < -0.4 is 5.32 Å². The zero-order valence-corrected chi connectivity index (χ0v) is 12.6. The normalized spacial score (nSPS) is 12.8. The van der Waals surface area contributed by atoms with Crippen molar-refractivity contribution in [1.82, 2.24) is 5.32 Å². The summed E-state index contributed by atoms with van der Waals surface area (Å²) in [6, 6.07) is 11.7. The summed E-state index contributed by atoms with van der Waals surface area (Å²) in [7, 11) is 0. The summed E-state index contributed by atoms with van der Waals surface area (Å²) < 4.78 is 26.6. The fourth-order valence-electron chi connectivity index (χ4n) is 2.22. The standard InChI is InChI=1S/C18H17F2NO2/c1-12(15-8-7-14(19)10-16(15)20)9-18(23)21-17(11-22)13-5-3-2-4-6-13/h2-10,17,22H,11H2,1H3,(H,21,23)/b12-9-/t17-/m1/s1. The van der Waals surface area contributed by atoms with Crippen LogP contribution in [0.2, 0.25) is 0 Å². The lowest BCUT2D eigenvalue weighted by atomic mass is 10.1. The highest BCUT2D eigenvalue weighted by Crippen LogP contribution is 2.19. The molecule has 0 radical (unpaired) electrons. The Morgan fingerprint density at radius 2 is 1.91 bits per heavy atom. The van der Waals surface area contributed by atoms with Gasteiger partial charge in [0, 0.05) is 17.7 Å². The van der Waals surface area contributed by atoms with Crippen molar-refractivity contribution in [3.63, 3.8) is 0 Å². The van der Waals surface area contributed by atoms with E-state index in [2.05, 4.69) is 5.32 Å². The second-order valence-electron chi connectivity index (χ2n) is 5.11. The summed E-state index contributed by atoms with van der Waals surface area (Å²) in [4.78, 5) is 12.1. The molecule has 1 atom stereocenters. The molecule has 2 aromatic rings. The molecule has 2 rings (SSSR count). The molecule has 1 amide bonds. The first-order valence-electron chi connectivity index (χ1n) is 7.11. The van der Waals surface area contributed by atoms with E-state index < -0.39 is 23.6 Å². The predicted molar refractivity (Wildman–Crippen MR) is 84.4 cm³/mol. The van der Waals surface area contributed by atoms with Crippen molar-refractivity contribution in [2.75, 3.05) is 6.61 Å². The van der Waals surface area contributed by atoms with E-state index in [0.717, 1.165) is 17.7 Å². The molecule has 0 aliphatic heterocycles. The van der Waals surface area contributed by atoms with E-state index in [1.54, 1.807) is 31.2 Å². The third-order valence-electron chi connectivity index (χ3n) is 3.40. The number of nitrogens with one attached hydrogen (secondary N) is 1. The Kier molecular flexibility index (Phi) is 5.60. The van der Waals surface area contributed by atoms with Crippen LogP contribution in [-0.4, -0.2) is 17.6 Å². The van der Waals surface area contributed by atoms with Crippen molar-refractivity contribution in [3.05, 3.63) is 77.4 Å². The van der Waals surface area contributed by atoms with Crippen molar-refractivity contribution in [2.24, 2.45) is 0 Å². The minimum Gasteiger partial charge on any atom is -0.394 e. The molecule has 0 aromatic heterocycles. The predicted octanol–water partition coefficient (Wildman–Crippen LogP) is 3.22. The highest BCUT2D eigenvalue weighted by molar-refractivity contribution is 5.95.